The van der Waals surface area contributed by atoms with Gasteiger partial charge in [-0.25, -0.2) is 9.49 Å². The molecule has 2 fully saturated rings. The first-order chi connectivity index (χ1) is 19.8. The van der Waals surface area contributed by atoms with Crippen molar-refractivity contribution in [3.63, 3.8) is 0 Å². The van der Waals surface area contributed by atoms with Crippen LogP contribution in [0.25, 0.3) is 0 Å². The normalized spacial score (nSPS) is 21.9. The number of aromatic nitrogens is 4. The van der Waals surface area contributed by atoms with Crippen LogP contribution < -0.4 is 11.1 Å². The second-order valence-electron chi connectivity index (χ2n) is 10.7. The molecule has 10 nitrogen and oxygen atoms in total. The Bertz CT molecular complexity index is 1350. The van der Waals surface area contributed by atoms with Gasteiger partial charge in [-0.3, -0.25) is 14.5 Å². The van der Waals surface area contributed by atoms with E-state index in [1.54, 1.807) is 4.90 Å². The molecule has 3 aromatic rings. The molecule has 0 bridgehead atoms. The molecular weight excluding hydrogens is 570 g/mol. The summed E-state index contributed by atoms with van der Waals surface area (Å²) in [7, 11) is 0. The summed E-state index contributed by atoms with van der Waals surface area (Å²) < 4.78 is 14.7. The van der Waals surface area contributed by atoms with Crippen LogP contribution in [-0.4, -0.2) is 79.5 Å². The Morgan fingerprint density at radius 3 is 2.76 bits per heavy atom. The summed E-state index contributed by atoms with van der Waals surface area (Å²) in [6, 6.07) is 12.0. The van der Waals surface area contributed by atoms with Crippen molar-refractivity contribution in [2.45, 2.75) is 69.2 Å². The minimum absolute atomic E-state index is 0.0918. The van der Waals surface area contributed by atoms with Crippen LogP contribution in [0.1, 0.15) is 42.6 Å². The minimum Gasteiger partial charge on any atom is -0.350 e. The number of nitrogens with one attached hydrogen (secondary N) is 2. The van der Waals surface area contributed by atoms with E-state index in [-0.39, 0.29) is 46.6 Å². The monoisotopic (exact) mass is 602 g/mol. The Morgan fingerprint density at radius 2 is 2.00 bits per heavy atom. The standard InChI is InChI=1S/C28H33Cl2FN8O2/c29-21-9-7-18(26(31)25(21)30)15-33-27(40)22(10-11-24-34-36-37-35-24)38-13-12-20(8-6-17-4-2-1-3-5-17)39-16-19(32)14-23(39)28(38)41/h1-5,7,9,19-20,22-23H,6,8,10-16,32H2,(H,33,40)(H,34,35,36,37)/t19-,20?,22-,23+/m1/s1. The maximum absolute atomic E-state index is 14.7. The maximum atomic E-state index is 14.7. The van der Waals surface area contributed by atoms with E-state index in [0.717, 1.165) is 12.8 Å². The molecule has 0 spiro atoms. The van der Waals surface area contributed by atoms with Gasteiger partial charge in [0.25, 0.3) is 0 Å². The molecule has 2 amide bonds. The van der Waals surface area contributed by atoms with E-state index < -0.39 is 23.8 Å². The third-order valence-corrected chi connectivity index (χ3v) is 8.79. The number of nitrogens with zero attached hydrogens (tertiary/aromatic N) is 5. The van der Waals surface area contributed by atoms with Crippen LogP contribution in [0.4, 0.5) is 4.39 Å². The lowest BCUT2D eigenvalue weighted by atomic mass is 10.0. The molecule has 1 unspecified atom stereocenters. The number of H-pyrrole nitrogens is 1. The first kappa shape index (κ1) is 29.4. The van der Waals surface area contributed by atoms with E-state index in [4.69, 9.17) is 28.9 Å². The zero-order valence-electron chi connectivity index (χ0n) is 22.5. The number of hydrogen-bond acceptors (Lipinski definition) is 7. The van der Waals surface area contributed by atoms with Gasteiger partial charge >= 0.3 is 0 Å². The van der Waals surface area contributed by atoms with Crippen molar-refractivity contribution in [2.75, 3.05) is 13.1 Å². The van der Waals surface area contributed by atoms with Gasteiger partial charge in [-0.05, 0) is 54.2 Å². The predicted octanol–water partition coefficient (Wildman–Crippen LogP) is 2.90. The molecule has 2 aliphatic heterocycles. The van der Waals surface area contributed by atoms with Gasteiger partial charge in [0.1, 0.15) is 17.7 Å². The average molecular weight is 604 g/mol. The number of benzene rings is 2. The van der Waals surface area contributed by atoms with Crippen molar-refractivity contribution in [3.8, 4) is 0 Å². The number of amides is 2. The van der Waals surface area contributed by atoms with Crippen LogP contribution in [0.15, 0.2) is 42.5 Å². The third kappa shape index (κ3) is 6.86. The molecule has 0 radical (unpaired) electrons. The Balaban J connectivity index is 1.35. The third-order valence-electron chi connectivity index (χ3n) is 8.01. The number of nitrogens with two attached hydrogens (primary N) is 1. The van der Waals surface area contributed by atoms with Gasteiger partial charge < -0.3 is 16.0 Å². The highest BCUT2D eigenvalue weighted by molar-refractivity contribution is 6.42. The number of carbonyl (C=O) groups excluding carboxylic acids is 2. The summed E-state index contributed by atoms with van der Waals surface area (Å²) in [5.74, 6) is -0.693. The number of halogens is 3. The summed E-state index contributed by atoms with van der Waals surface area (Å²) in [6.07, 6.45) is 3.64. The number of fused-ring (bicyclic) bond motifs is 1. The lowest BCUT2D eigenvalue weighted by molar-refractivity contribution is -0.143. The highest BCUT2D eigenvalue weighted by atomic mass is 35.5. The second-order valence-corrected chi connectivity index (χ2v) is 11.4. The van der Waals surface area contributed by atoms with Gasteiger partial charge in [0.15, 0.2) is 0 Å². The molecular formula is C28H33Cl2FN8O2. The molecule has 1 aromatic heterocycles. The van der Waals surface area contributed by atoms with E-state index in [0.29, 0.717) is 38.2 Å². The fraction of sp³-hybridized carbons (Fsp3) is 0.464. The molecule has 4 atom stereocenters. The van der Waals surface area contributed by atoms with Crippen LogP contribution in [0.2, 0.25) is 10.0 Å². The average Bonchev–Trinajstić information content (AvgIpc) is 3.62. The Labute approximate surface area is 247 Å². The highest BCUT2D eigenvalue weighted by Crippen LogP contribution is 2.31. The van der Waals surface area contributed by atoms with Gasteiger partial charge in [0.05, 0.1) is 16.1 Å². The fourth-order valence-corrected chi connectivity index (χ4v) is 6.21. The quantitative estimate of drug-likeness (QED) is 0.304. The van der Waals surface area contributed by atoms with Gasteiger partial charge in [-0.2, -0.15) is 0 Å². The van der Waals surface area contributed by atoms with Crippen LogP contribution in [0, 0.1) is 5.82 Å². The Morgan fingerprint density at radius 1 is 1.20 bits per heavy atom. The van der Waals surface area contributed by atoms with Crippen LogP contribution >= 0.6 is 23.2 Å². The summed E-state index contributed by atoms with van der Waals surface area (Å²) >= 11 is 11.9. The van der Waals surface area contributed by atoms with Crippen molar-refractivity contribution < 1.29 is 14.0 Å². The molecule has 2 aliphatic rings. The molecule has 41 heavy (non-hydrogen) atoms. The molecule has 4 N–H and O–H groups in total. The van der Waals surface area contributed by atoms with Crippen LogP contribution in [-0.2, 0) is 29.0 Å². The van der Waals surface area contributed by atoms with Gasteiger partial charge in [-0.1, -0.05) is 59.6 Å². The van der Waals surface area contributed by atoms with E-state index >= 15 is 0 Å². The lowest BCUT2D eigenvalue weighted by Crippen LogP contribution is -2.53. The fourth-order valence-electron chi connectivity index (χ4n) is 5.88. The molecule has 5 rings (SSSR count). The number of carbonyl (C=O) groups is 2. The van der Waals surface area contributed by atoms with Crippen molar-refractivity contribution in [1.29, 1.82) is 0 Å². The van der Waals surface area contributed by atoms with Crippen molar-refractivity contribution >= 4 is 35.0 Å². The van der Waals surface area contributed by atoms with Crippen molar-refractivity contribution in [3.05, 3.63) is 75.3 Å². The number of aryl methyl sites for hydroxylation is 2. The lowest BCUT2D eigenvalue weighted by Gasteiger charge is -2.32. The topological polar surface area (TPSA) is 133 Å². The van der Waals surface area contributed by atoms with Crippen molar-refractivity contribution in [1.82, 2.24) is 35.7 Å². The summed E-state index contributed by atoms with van der Waals surface area (Å²) in [6.45, 7) is 0.944. The largest absolute Gasteiger partial charge is 0.350 e. The second kappa shape index (κ2) is 13.2. The molecule has 218 valence electrons. The molecule has 3 heterocycles. The molecule has 0 saturated carbocycles. The zero-order valence-corrected chi connectivity index (χ0v) is 24.0. The van der Waals surface area contributed by atoms with E-state index in [1.165, 1.54) is 17.7 Å². The SMILES string of the molecule is N[C@@H]1C[C@H]2C(=O)N([C@H](CCc3nnn[nH]3)C(=O)NCc3ccc(Cl)c(Cl)c3F)CCC(CCc3ccccc3)N2C1. The highest BCUT2D eigenvalue weighted by Gasteiger charge is 2.45. The van der Waals surface area contributed by atoms with Crippen LogP contribution in [0.3, 0.4) is 0 Å². The number of rotatable bonds is 10. The van der Waals surface area contributed by atoms with Gasteiger partial charge in [0.2, 0.25) is 11.8 Å². The smallest absolute Gasteiger partial charge is 0.243 e. The summed E-state index contributed by atoms with van der Waals surface area (Å²) in [5.41, 5.74) is 7.80. The van der Waals surface area contributed by atoms with E-state index in [9.17, 15) is 14.0 Å². The predicted molar refractivity (Wildman–Crippen MR) is 153 cm³/mol. The van der Waals surface area contributed by atoms with E-state index in [1.807, 2.05) is 18.2 Å². The number of tetrazole rings is 1. The van der Waals surface area contributed by atoms with Crippen molar-refractivity contribution in [2.24, 2.45) is 5.73 Å². The van der Waals surface area contributed by atoms with E-state index in [2.05, 4.69) is 43.0 Å². The summed E-state index contributed by atoms with van der Waals surface area (Å²) in [4.78, 5) is 31.6. The minimum atomic E-state index is -0.815. The Hall–Kier alpha value is -3.12. The molecule has 13 heteroatoms. The molecule has 2 saturated heterocycles. The van der Waals surface area contributed by atoms with Crippen LogP contribution in [0.5, 0.6) is 0 Å². The summed E-state index contributed by atoms with van der Waals surface area (Å²) in [5, 5.41) is 16.6. The van der Waals surface area contributed by atoms with Gasteiger partial charge in [0, 0.05) is 43.7 Å². The molecule has 2 aromatic carbocycles. The zero-order chi connectivity index (χ0) is 28.9. The number of hydrogen-bond donors (Lipinski definition) is 3. The first-order valence-corrected chi connectivity index (χ1v) is 14.6. The van der Waals surface area contributed by atoms with Gasteiger partial charge in [-0.15, -0.1) is 5.10 Å². The number of aromatic amines is 1. The molecule has 0 aliphatic carbocycles. The maximum Gasteiger partial charge on any atom is 0.243 e. The first-order valence-electron chi connectivity index (χ1n) is 13.8. The Kier molecular flexibility index (Phi) is 9.49.